The van der Waals surface area contributed by atoms with Crippen molar-refractivity contribution in [2.45, 2.75) is 17.4 Å². The van der Waals surface area contributed by atoms with Crippen LogP contribution in [0.2, 0.25) is 0 Å². The van der Waals surface area contributed by atoms with Gasteiger partial charge >= 0.3 is 0 Å². The number of benzene rings is 1. The Kier molecular flexibility index (Phi) is 6.10. The summed E-state index contributed by atoms with van der Waals surface area (Å²) in [5, 5.41) is 0. The molecule has 3 rings (SSSR count). The molecule has 3 N–H and O–H groups in total. The maximum absolute atomic E-state index is 12.8. The van der Waals surface area contributed by atoms with Crippen LogP contribution in [0.25, 0.3) is 0 Å². The summed E-state index contributed by atoms with van der Waals surface area (Å²) in [6.07, 6.45) is 3.22. The summed E-state index contributed by atoms with van der Waals surface area (Å²) >= 11 is 0. The van der Waals surface area contributed by atoms with Gasteiger partial charge in [-0.25, -0.2) is 21.6 Å². The topological polar surface area (TPSA) is 128 Å². The van der Waals surface area contributed by atoms with E-state index in [9.17, 15) is 16.8 Å². The molecule has 1 heterocycles. The number of ether oxygens (including phenoxy) is 2. The predicted octanol–water partition coefficient (Wildman–Crippen LogP) is 0.396. The van der Waals surface area contributed by atoms with Crippen molar-refractivity contribution in [3.63, 3.8) is 0 Å². The number of nitrogens with two attached hydrogens (primary N) is 1. The number of hydrogen-bond acceptors (Lipinski definition) is 7. The molecule has 9 nitrogen and oxygen atoms in total. The number of fused-ring (bicyclic) bond motifs is 1. The van der Waals surface area contributed by atoms with E-state index in [1.807, 2.05) is 0 Å². The molecule has 1 aromatic carbocycles. The zero-order valence-corrected chi connectivity index (χ0v) is 17.0. The number of sulfonamides is 2. The van der Waals surface area contributed by atoms with Crippen LogP contribution < -0.4 is 10.5 Å². The van der Waals surface area contributed by atoms with E-state index in [0.717, 1.165) is 4.31 Å². The van der Waals surface area contributed by atoms with Gasteiger partial charge in [0.1, 0.15) is 18.5 Å². The lowest BCUT2D eigenvalue weighted by Crippen LogP contribution is -2.37. The Morgan fingerprint density at radius 2 is 2.04 bits per heavy atom. The van der Waals surface area contributed by atoms with Crippen LogP contribution in [0.5, 0.6) is 0 Å². The lowest BCUT2D eigenvalue weighted by molar-refractivity contribution is -0.0415. The van der Waals surface area contributed by atoms with Crippen LogP contribution in [0.3, 0.4) is 0 Å². The molecule has 0 bridgehead atoms. The summed E-state index contributed by atoms with van der Waals surface area (Å²) in [4.78, 5) is 0.142. The van der Waals surface area contributed by atoms with E-state index in [1.165, 1.54) is 31.3 Å². The van der Waals surface area contributed by atoms with Gasteiger partial charge in [0, 0.05) is 32.2 Å². The van der Waals surface area contributed by atoms with Crippen LogP contribution in [0.15, 0.2) is 52.0 Å². The molecule has 28 heavy (non-hydrogen) atoms. The SMILES string of the molecule is CN(CCNS(=O)(=O)c1cccc(N)c1)S(=O)(=O)C1=CCC2OCCOC2=C1. The minimum absolute atomic E-state index is 0.0261. The van der Waals surface area contributed by atoms with E-state index >= 15 is 0 Å². The van der Waals surface area contributed by atoms with E-state index in [2.05, 4.69) is 4.72 Å². The highest BCUT2D eigenvalue weighted by Gasteiger charge is 2.30. The number of nitrogen functional groups attached to an aromatic ring is 1. The third kappa shape index (κ3) is 4.55. The molecule has 2 aliphatic rings. The largest absolute Gasteiger partial charge is 0.493 e. The molecule has 0 saturated carbocycles. The first-order valence-corrected chi connectivity index (χ1v) is 11.6. The Labute approximate surface area is 164 Å². The van der Waals surface area contributed by atoms with Crippen molar-refractivity contribution in [3.8, 4) is 0 Å². The average molecular weight is 430 g/mol. The molecule has 11 heteroatoms. The molecular weight excluding hydrogens is 406 g/mol. The number of likely N-dealkylation sites (N-methyl/N-ethyl adjacent to an activating group) is 1. The summed E-state index contributed by atoms with van der Waals surface area (Å²) < 4.78 is 64.6. The fraction of sp³-hybridized carbons (Fsp3) is 0.412. The van der Waals surface area contributed by atoms with Crippen molar-refractivity contribution >= 4 is 25.7 Å². The predicted molar refractivity (Wildman–Crippen MR) is 104 cm³/mol. The average Bonchev–Trinajstić information content (AvgIpc) is 2.67. The molecular formula is C17H23N3O6S2. The van der Waals surface area contributed by atoms with Crippen molar-refractivity contribution in [3.05, 3.63) is 47.1 Å². The van der Waals surface area contributed by atoms with E-state index in [1.54, 1.807) is 12.1 Å². The minimum Gasteiger partial charge on any atom is -0.493 e. The fourth-order valence-electron chi connectivity index (χ4n) is 2.85. The van der Waals surface area contributed by atoms with Crippen LogP contribution in [0.1, 0.15) is 6.42 Å². The molecule has 0 amide bonds. The van der Waals surface area contributed by atoms with Gasteiger partial charge < -0.3 is 15.2 Å². The molecule has 0 spiro atoms. The highest BCUT2D eigenvalue weighted by Crippen LogP contribution is 2.28. The molecule has 1 unspecified atom stereocenters. The summed E-state index contributed by atoms with van der Waals surface area (Å²) in [5.41, 5.74) is 5.93. The van der Waals surface area contributed by atoms with E-state index in [0.29, 0.717) is 31.1 Å². The van der Waals surface area contributed by atoms with E-state index < -0.39 is 20.0 Å². The highest BCUT2D eigenvalue weighted by molar-refractivity contribution is 7.93. The van der Waals surface area contributed by atoms with Crippen molar-refractivity contribution in [2.24, 2.45) is 0 Å². The van der Waals surface area contributed by atoms with Gasteiger partial charge in [0.2, 0.25) is 20.0 Å². The second kappa shape index (κ2) is 8.21. The molecule has 0 aromatic heterocycles. The van der Waals surface area contributed by atoms with Crippen LogP contribution in [0, 0.1) is 0 Å². The first kappa shape index (κ1) is 20.8. The third-order valence-corrected chi connectivity index (χ3v) is 7.74. The molecule has 1 aliphatic heterocycles. The normalized spacial score (nSPS) is 20.1. The summed E-state index contributed by atoms with van der Waals surface area (Å²) in [6, 6.07) is 5.87. The number of hydrogen-bond donors (Lipinski definition) is 2. The van der Waals surface area contributed by atoms with Crippen LogP contribution in [-0.4, -0.2) is 60.6 Å². The number of nitrogens with zero attached hydrogens (tertiary/aromatic N) is 1. The van der Waals surface area contributed by atoms with Crippen LogP contribution in [-0.2, 0) is 29.5 Å². The Bertz CT molecular complexity index is 1000. The van der Waals surface area contributed by atoms with Crippen molar-refractivity contribution < 1.29 is 26.3 Å². The van der Waals surface area contributed by atoms with Gasteiger partial charge in [-0.3, -0.25) is 0 Å². The quantitative estimate of drug-likeness (QED) is 0.600. The molecule has 1 aliphatic carbocycles. The van der Waals surface area contributed by atoms with Gasteiger partial charge in [0.05, 0.1) is 16.4 Å². The zero-order chi connectivity index (χ0) is 20.4. The Balaban J connectivity index is 1.62. The van der Waals surface area contributed by atoms with Gasteiger partial charge in [-0.1, -0.05) is 12.1 Å². The number of anilines is 1. The summed E-state index contributed by atoms with van der Waals surface area (Å²) in [5.74, 6) is 0.503. The van der Waals surface area contributed by atoms with Crippen LogP contribution in [0.4, 0.5) is 5.69 Å². The van der Waals surface area contributed by atoms with Gasteiger partial charge in [-0.2, -0.15) is 4.31 Å². The standard InChI is InChI=1S/C17H23N3O6S2/c1-20(8-7-19-27(21,22)14-4-2-3-13(18)11-14)28(23,24)15-5-6-16-17(12-15)26-10-9-25-16/h2-5,11-12,16,19H,6-10,18H2,1H3. The molecule has 154 valence electrons. The first-order valence-electron chi connectivity index (χ1n) is 8.68. The van der Waals surface area contributed by atoms with Crippen molar-refractivity contribution in [2.75, 3.05) is 39.1 Å². The van der Waals surface area contributed by atoms with Crippen LogP contribution >= 0.6 is 0 Å². The Hall–Kier alpha value is -1.92. The lowest BCUT2D eigenvalue weighted by Gasteiger charge is -2.29. The van der Waals surface area contributed by atoms with Crippen molar-refractivity contribution in [1.82, 2.24) is 9.03 Å². The van der Waals surface area contributed by atoms with Gasteiger partial charge in [0.15, 0.2) is 0 Å². The molecule has 1 saturated heterocycles. The maximum Gasteiger partial charge on any atom is 0.242 e. The van der Waals surface area contributed by atoms with Gasteiger partial charge in [-0.15, -0.1) is 0 Å². The Morgan fingerprint density at radius 1 is 1.25 bits per heavy atom. The second-order valence-electron chi connectivity index (χ2n) is 6.39. The highest BCUT2D eigenvalue weighted by atomic mass is 32.2. The molecule has 1 atom stereocenters. The summed E-state index contributed by atoms with van der Waals surface area (Å²) in [6.45, 7) is 0.743. The number of allylic oxidation sites excluding steroid dienone is 1. The van der Waals surface area contributed by atoms with Crippen molar-refractivity contribution in [1.29, 1.82) is 0 Å². The molecule has 1 fully saturated rings. The molecule has 0 radical (unpaired) electrons. The second-order valence-corrected chi connectivity index (χ2v) is 10.2. The van der Waals surface area contributed by atoms with E-state index in [4.69, 9.17) is 15.2 Å². The smallest absolute Gasteiger partial charge is 0.242 e. The zero-order valence-electron chi connectivity index (χ0n) is 15.4. The monoisotopic (exact) mass is 429 g/mol. The minimum atomic E-state index is -3.78. The number of rotatable bonds is 7. The lowest BCUT2D eigenvalue weighted by atomic mass is 10.1. The fourth-order valence-corrected chi connectivity index (χ4v) is 5.19. The first-order chi connectivity index (χ1) is 13.2. The number of nitrogens with one attached hydrogen (secondary N) is 1. The Morgan fingerprint density at radius 3 is 2.79 bits per heavy atom. The summed E-state index contributed by atoms with van der Waals surface area (Å²) in [7, 11) is -6.16. The van der Waals surface area contributed by atoms with Gasteiger partial charge in [0.25, 0.3) is 0 Å². The molecule has 1 aromatic rings. The third-order valence-electron chi connectivity index (χ3n) is 4.40. The van der Waals surface area contributed by atoms with Gasteiger partial charge in [-0.05, 0) is 24.3 Å². The maximum atomic E-state index is 12.8. The van der Waals surface area contributed by atoms with E-state index in [-0.39, 0.29) is 29.0 Å².